The molecule has 1 aromatic rings. The average molecular weight is 374 g/mol. The Bertz CT molecular complexity index is 783. The molecule has 146 valence electrons. The molecule has 0 amide bonds. The predicted molar refractivity (Wildman–Crippen MR) is 102 cm³/mol. The summed E-state index contributed by atoms with van der Waals surface area (Å²) in [5.41, 5.74) is 1.18. The predicted octanol–water partition coefficient (Wildman–Crippen LogP) is 5.20. The number of hydrogen-bond acceptors (Lipinski definition) is 2. The second-order valence-electron chi connectivity index (χ2n) is 7.96. The molecule has 0 aromatic heterocycles. The van der Waals surface area contributed by atoms with E-state index >= 15 is 0 Å². The van der Waals surface area contributed by atoms with Gasteiger partial charge in [0.1, 0.15) is 11.6 Å². The van der Waals surface area contributed by atoms with Gasteiger partial charge in [0, 0.05) is 5.92 Å². The molecule has 0 bridgehead atoms. The number of carbonyl (C=O) groups is 1. The number of carbonyl (C=O) groups excluding carboxylic acids is 1. The Morgan fingerprint density at radius 1 is 1.30 bits per heavy atom. The first-order valence-corrected chi connectivity index (χ1v) is 9.80. The number of aryl methyl sites for hydroxylation is 1. The van der Waals surface area contributed by atoms with Crippen molar-refractivity contribution in [1.29, 1.82) is 0 Å². The van der Waals surface area contributed by atoms with Crippen LogP contribution in [0.2, 0.25) is 0 Å². The molecule has 0 radical (unpaired) electrons. The summed E-state index contributed by atoms with van der Waals surface area (Å²) in [4.78, 5) is 12.5. The van der Waals surface area contributed by atoms with Gasteiger partial charge in [-0.2, -0.15) is 0 Å². The first kappa shape index (κ1) is 19.9. The molecule has 1 aliphatic heterocycles. The quantitative estimate of drug-likeness (QED) is 0.640. The van der Waals surface area contributed by atoms with Gasteiger partial charge in [0.05, 0.1) is 12.2 Å². The lowest BCUT2D eigenvalue weighted by Gasteiger charge is -2.42. The molecule has 1 unspecified atom stereocenters. The van der Waals surface area contributed by atoms with Crippen molar-refractivity contribution in [3.63, 3.8) is 0 Å². The van der Waals surface area contributed by atoms with Crippen molar-refractivity contribution in [3.8, 4) is 0 Å². The molecular weight excluding hydrogens is 346 g/mol. The molecule has 27 heavy (non-hydrogen) atoms. The van der Waals surface area contributed by atoms with E-state index in [0.29, 0.717) is 37.0 Å². The number of ether oxygens (including phenoxy) is 1. The first-order chi connectivity index (χ1) is 12.8. The van der Waals surface area contributed by atoms with E-state index in [9.17, 15) is 13.6 Å². The van der Waals surface area contributed by atoms with Gasteiger partial charge in [-0.25, -0.2) is 8.78 Å². The second kappa shape index (κ2) is 7.67. The van der Waals surface area contributed by atoms with Crippen molar-refractivity contribution < 1.29 is 18.3 Å². The van der Waals surface area contributed by atoms with E-state index in [1.807, 2.05) is 20.8 Å². The fourth-order valence-electron chi connectivity index (χ4n) is 4.56. The summed E-state index contributed by atoms with van der Waals surface area (Å²) in [6.45, 7) is 10.2. The summed E-state index contributed by atoms with van der Waals surface area (Å²) in [5, 5.41) is 0. The highest BCUT2D eigenvalue weighted by Crippen LogP contribution is 2.48. The minimum atomic E-state index is -0.581. The van der Waals surface area contributed by atoms with E-state index in [0.717, 1.165) is 12.0 Å². The van der Waals surface area contributed by atoms with Crippen LogP contribution in [0, 0.1) is 29.4 Å². The fraction of sp³-hybridized carbons (Fsp3) is 0.522. The minimum Gasteiger partial charge on any atom is -0.370 e. The van der Waals surface area contributed by atoms with E-state index in [4.69, 9.17) is 4.74 Å². The van der Waals surface area contributed by atoms with Crippen molar-refractivity contribution in [2.45, 2.75) is 52.1 Å². The SMILES string of the molecule is C=CC(C)[C@H]1C[C@]2([C@H](C)Cc3cc(F)c(CC)cc3F)OCCC2=CC1=O. The smallest absolute Gasteiger partial charge is 0.159 e. The monoisotopic (exact) mass is 374 g/mol. The van der Waals surface area contributed by atoms with Crippen LogP contribution in [-0.4, -0.2) is 18.0 Å². The maximum Gasteiger partial charge on any atom is 0.159 e. The van der Waals surface area contributed by atoms with E-state index in [1.165, 1.54) is 12.1 Å². The molecule has 1 fully saturated rings. The Balaban J connectivity index is 1.91. The number of halogens is 2. The third-order valence-electron chi connectivity index (χ3n) is 6.40. The van der Waals surface area contributed by atoms with Crippen molar-refractivity contribution in [2.75, 3.05) is 6.61 Å². The standard InChI is InChI=1S/C23H28F2O2/c1-5-14(3)19-13-23(18(7-8-27-23)12-22(19)26)15(4)9-17-11-20(24)16(6-2)10-21(17)25/h5,10-12,14-15,19H,1,6-9,13H2,2-4H3/t14?,15-,19-,23-/m1/s1. The molecule has 0 spiro atoms. The maximum absolute atomic E-state index is 14.5. The van der Waals surface area contributed by atoms with Gasteiger partial charge in [-0.05, 0) is 72.4 Å². The highest BCUT2D eigenvalue weighted by molar-refractivity contribution is 5.94. The number of allylic oxidation sites excluding steroid dienone is 2. The molecule has 0 N–H and O–H groups in total. The van der Waals surface area contributed by atoms with Gasteiger partial charge in [0.25, 0.3) is 0 Å². The fourth-order valence-corrected chi connectivity index (χ4v) is 4.56. The Morgan fingerprint density at radius 3 is 2.63 bits per heavy atom. The molecule has 1 heterocycles. The topological polar surface area (TPSA) is 26.3 Å². The second-order valence-corrected chi connectivity index (χ2v) is 7.96. The third kappa shape index (κ3) is 3.52. The minimum absolute atomic E-state index is 0.0431. The molecule has 1 saturated heterocycles. The van der Waals surface area contributed by atoms with Crippen molar-refractivity contribution in [1.82, 2.24) is 0 Å². The van der Waals surface area contributed by atoms with Crippen molar-refractivity contribution in [2.24, 2.45) is 17.8 Å². The Labute approximate surface area is 160 Å². The van der Waals surface area contributed by atoms with Crippen LogP contribution < -0.4 is 0 Å². The number of ketones is 1. The van der Waals surface area contributed by atoms with Gasteiger partial charge in [0.2, 0.25) is 0 Å². The molecule has 4 atom stereocenters. The molecule has 3 rings (SSSR count). The van der Waals surface area contributed by atoms with Crippen LogP contribution in [-0.2, 0) is 22.4 Å². The number of rotatable bonds is 6. The molecule has 2 nitrogen and oxygen atoms in total. The normalized spacial score (nSPS) is 27.1. The maximum atomic E-state index is 14.5. The number of hydrogen-bond donors (Lipinski definition) is 0. The van der Waals surface area contributed by atoms with Crippen LogP contribution in [0.1, 0.15) is 44.7 Å². The Hall–Kier alpha value is -1.81. The Kier molecular flexibility index (Phi) is 5.66. The molecular formula is C23H28F2O2. The average Bonchev–Trinajstić information content (AvgIpc) is 3.06. The summed E-state index contributed by atoms with van der Waals surface area (Å²) in [5.74, 6) is -0.824. The van der Waals surface area contributed by atoms with Gasteiger partial charge < -0.3 is 4.74 Å². The number of fused-ring (bicyclic) bond motifs is 1. The van der Waals surface area contributed by atoms with Crippen LogP contribution in [0.3, 0.4) is 0 Å². The zero-order chi connectivity index (χ0) is 19.8. The van der Waals surface area contributed by atoms with Crippen LogP contribution in [0.5, 0.6) is 0 Å². The lowest BCUT2D eigenvalue weighted by Crippen LogP contribution is -2.46. The van der Waals surface area contributed by atoms with E-state index < -0.39 is 5.60 Å². The molecule has 4 heteroatoms. The van der Waals surface area contributed by atoms with Crippen LogP contribution in [0.15, 0.2) is 36.4 Å². The van der Waals surface area contributed by atoms with E-state index in [-0.39, 0.29) is 35.2 Å². The highest BCUT2D eigenvalue weighted by atomic mass is 19.1. The Morgan fingerprint density at radius 2 is 1.96 bits per heavy atom. The lowest BCUT2D eigenvalue weighted by atomic mass is 9.66. The highest BCUT2D eigenvalue weighted by Gasteiger charge is 2.50. The zero-order valence-electron chi connectivity index (χ0n) is 16.4. The molecule has 2 aliphatic rings. The summed E-state index contributed by atoms with van der Waals surface area (Å²) < 4.78 is 34.9. The van der Waals surface area contributed by atoms with Gasteiger partial charge >= 0.3 is 0 Å². The van der Waals surface area contributed by atoms with Crippen LogP contribution >= 0.6 is 0 Å². The van der Waals surface area contributed by atoms with Gasteiger partial charge in [-0.3, -0.25) is 4.79 Å². The van der Waals surface area contributed by atoms with E-state index in [2.05, 4.69) is 6.58 Å². The van der Waals surface area contributed by atoms with Gasteiger partial charge in [-0.1, -0.05) is 26.8 Å². The number of benzene rings is 1. The van der Waals surface area contributed by atoms with Crippen LogP contribution in [0.25, 0.3) is 0 Å². The third-order valence-corrected chi connectivity index (χ3v) is 6.40. The van der Waals surface area contributed by atoms with Crippen molar-refractivity contribution >= 4 is 5.78 Å². The lowest BCUT2D eigenvalue weighted by molar-refractivity contribution is -0.124. The zero-order valence-corrected chi connectivity index (χ0v) is 16.4. The largest absolute Gasteiger partial charge is 0.370 e. The summed E-state index contributed by atoms with van der Waals surface area (Å²) in [6, 6.07) is 2.62. The van der Waals surface area contributed by atoms with Crippen LogP contribution in [0.4, 0.5) is 8.78 Å². The van der Waals surface area contributed by atoms with Gasteiger partial charge in [-0.15, -0.1) is 6.58 Å². The summed E-state index contributed by atoms with van der Waals surface area (Å²) >= 11 is 0. The first-order valence-electron chi connectivity index (χ1n) is 9.80. The molecule has 1 aromatic carbocycles. The molecule has 0 saturated carbocycles. The van der Waals surface area contributed by atoms with E-state index in [1.54, 1.807) is 12.2 Å². The molecule has 1 aliphatic carbocycles. The summed E-state index contributed by atoms with van der Waals surface area (Å²) in [6.07, 6.45) is 5.65. The summed E-state index contributed by atoms with van der Waals surface area (Å²) in [7, 11) is 0. The van der Waals surface area contributed by atoms with Gasteiger partial charge in [0.15, 0.2) is 5.78 Å². The van der Waals surface area contributed by atoms with Crippen molar-refractivity contribution in [3.05, 3.63) is 59.2 Å².